The Morgan fingerprint density at radius 1 is 1.11 bits per heavy atom. The van der Waals surface area contributed by atoms with Crippen LogP contribution in [0.4, 0.5) is 0 Å². The lowest BCUT2D eigenvalue weighted by atomic mass is 9.91. The molecule has 2 rings (SSSR count). The molecule has 0 amide bonds. The Bertz CT molecular complexity index is 732. The van der Waals surface area contributed by atoms with Crippen molar-refractivity contribution in [2.24, 2.45) is 0 Å². The molecule has 0 aliphatic rings. The number of allylic oxidation sites excluding steroid dienone is 1. The van der Waals surface area contributed by atoms with E-state index in [0.717, 1.165) is 22.3 Å². The zero-order valence-corrected chi connectivity index (χ0v) is 17.8. The maximum atomic E-state index is 11.0. The number of phenols is 1. The second kappa shape index (κ2) is 12.7. The van der Waals surface area contributed by atoms with Gasteiger partial charge in [0.25, 0.3) is 0 Å². The van der Waals surface area contributed by atoms with E-state index in [1.807, 2.05) is 51.1 Å². The first kappa shape index (κ1) is 24.5. The highest BCUT2D eigenvalue weighted by Crippen LogP contribution is 2.30. The number of carbonyl (C=O) groups excluding carboxylic acids is 1. The highest BCUT2D eigenvalue weighted by molar-refractivity contribution is 5.69. The first-order valence-electron chi connectivity index (χ1n) is 9.37. The second-order valence-electron chi connectivity index (χ2n) is 6.50. The largest absolute Gasteiger partial charge is 0.508 e. The molecule has 0 aliphatic heterocycles. The zero-order chi connectivity index (χ0) is 21.0. The third-order valence-corrected chi connectivity index (χ3v) is 3.67. The number of aromatic hydroxyl groups is 1. The summed E-state index contributed by atoms with van der Waals surface area (Å²) in [6.07, 6.45) is 3.00. The van der Waals surface area contributed by atoms with E-state index in [9.17, 15) is 9.90 Å². The van der Waals surface area contributed by atoms with E-state index in [1.54, 1.807) is 12.1 Å². The predicted molar refractivity (Wildman–Crippen MR) is 115 cm³/mol. The van der Waals surface area contributed by atoms with Crippen LogP contribution in [0.1, 0.15) is 69.2 Å². The Balaban J connectivity index is 0.000000997. The molecule has 3 heteroatoms. The van der Waals surface area contributed by atoms with Gasteiger partial charge in [-0.1, -0.05) is 57.5 Å². The van der Waals surface area contributed by atoms with E-state index in [2.05, 4.69) is 27.4 Å². The second-order valence-corrected chi connectivity index (χ2v) is 6.50. The summed E-state index contributed by atoms with van der Waals surface area (Å²) in [5.41, 5.74) is 4.09. The molecular formula is C24H34O3. The Morgan fingerprint density at radius 3 is 1.96 bits per heavy atom. The minimum Gasteiger partial charge on any atom is -0.508 e. The first-order valence-corrected chi connectivity index (χ1v) is 9.37. The topological polar surface area (TPSA) is 46.5 Å². The van der Waals surface area contributed by atoms with Crippen LogP contribution in [0.15, 0.2) is 49.1 Å². The molecular weight excluding hydrogens is 336 g/mol. The van der Waals surface area contributed by atoms with Crippen LogP contribution in [0.25, 0.3) is 0 Å². The fourth-order valence-corrected chi connectivity index (χ4v) is 2.35. The van der Waals surface area contributed by atoms with Gasteiger partial charge in [-0.05, 0) is 55.2 Å². The molecule has 0 bridgehead atoms. The molecule has 0 aromatic heterocycles. The molecule has 0 aliphatic carbocycles. The van der Waals surface area contributed by atoms with Gasteiger partial charge in [-0.2, -0.15) is 0 Å². The SMILES string of the molecule is C=CC.CC(=O)Oc1ccc(C(C)c2ccc(O)c(C)c2)cc1C.CCC. The molecule has 2 aromatic rings. The first-order chi connectivity index (χ1) is 12.7. The minimum atomic E-state index is -0.312. The summed E-state index contributed by atoms with van der Waals surface area (Å²) in [4.78, 5) is 11.0. The maximum Gasteiger partial charge on any atom is 0.308 e. The molecule has 1 atom stereocenters. The van der Waals surface area contributed by atoms with Gasteiger partial charge < -0.3 is 9.84 Å². The summed E-state index contributed by atoms with van der Waals surface area (Å²) in [7, 11) is 0. The van der Waals surface area contributed by atoms with Crippen LogP contribution in [-0.2, 0) is 4.79 Å². The molecule has 0 spiro atoms. The van der Waals surface area contributed by atoms with Crippen molar-refractivity contribution >= 4 is 5.97 Å². The smallest absolute Gasteiger partial charge is 0.308 e. The molecule has 0 saturated heterocycles. The number of rotatable bonds is 3. The fourth-order valence-electron chi connectivity index (χ4n) is 2.35. The lowest BCUT2D eigenvalue weighted by molar-refractivity contribution is -0.131. The highest BCUT2D eigenvalue weighted by atomic mass is 16.5. The van der Waals surface area contributed by atoms with Gasteiger partial charge >= 0.3 is 5.97 Å². The van der Waals surface area contributed by atoms with Crippen LogP contribution in [0.5, 0.6) is 11.5 Å². The third-order valence-electron chi connectivity index (χ3n) is 3.67. The molecule has 0 fully saturated rings. The lowest BCUT2D eigenvalue weighted by Crippen LogP contribution is -2.04. The van der Waals surface area contributed by atoms with Gasteiger partial charge in [0, 0.05) is 12.8 Å². The molecule has 0 saturated carbocycles. The number of esters is 1. The van der Waals surface area contributed by atoms with E-state index in [0.29, 0.717) is 11.5 Å². The maximum absolute atomic E-state index is 11.0. The van der Waals surface area contributed by atoms with E-state index in [1.165, 1.54) is 13.3 Å². The molecule has 27 heavy (non-hydrogen) atoms. The summed E-state index contributed by atoms with van der Waals surface area (Å²) in [5, 5.41) is 9.61. The standard InChI is InChI=1S/C18H20O3.C3H8.C3H6/c1-11-9-15(5-7-17(11)20)13(3)16-6-8-18(12(2)10-16)21-14(4)19;2*1-3-2/h5-10,13,20H,1-4H3;3H2,1-2H3;3H,1H2,2H3. The summed E-state index contributed by atoms with van der Waals surface area (Å²) in [5.74, 6) is 0.801. The van der Waals surface area contributed by atoms with Gasteiger partial charge in [0.05, 0.1) is 0 Å². The monoisotopic (exact) mass is 370 g/mol. The lowest BCUT2D eigenvalue weighted by Gasteiger charge is -2.15. The molecule has 1 N–H and O–H groups in total. The van der Waals surface area contributed by atoms with E-state index in [4.69, 9.17) is 4.74 Å². The molecule has 0 radical (unpaired) electrons. The molecule has 1 unspecified atom stereocenters. The van der Waals surface area contributed by atoms with Crippen LogP contribution in [0.3, 0.4) is 0 Å². The van der Waals surface area contributed by atoms with Crippen molar-refractivity contribution in [1.82, 2.24) is 0 Å². The van der Waals surface area contributed by atoms with Crippen molar-refractivity contribution in [3.63, 3.8) is 0 Å². The highest BCUT2D eigenvalue weighted by Gasteiger charge is 2.12. The molecule has 148 valence electrons. The number of benzene rings is 2. The fraction of sp³-hybridized carbons (Fsp3) is 0.375. The van der Waals surface area contributed by atoms with Gasteiger partial charge in [0.15, 0.2) is 0 Å². The number of phenolic OH excluding ortho intramolecular Hbond substituents is 1. The summed E-state index contributed by atoms with van der Waals surface area (Å²) < 4.78 is 5.15. The van der Waals surface area contributed by atoms with Crippen molar-refractivity contribution in [1.29, 1.82) is 0 Å². The minimum absolute atomic E-state index is 0.203. The Labute approximate surface area is 164 Å². The number of hydrogen-bond donors (Lipinski definition) is 1. The summed E-state index contributed by atoms with van der Waals surface area (Å²) in [6.45, 7) is 16.8. The van der Waals surface area contributed by atoms with Crippen LogP contribution in [-0.4, -0.2) is 11.1 Å². The van der Waals surface area contributed by atoms with Crippen LogP contribution in [0.2, 0.25) is 0 Å². The average Bonchev–Trinajstić information content (AvgIpc) is 2.59. The Hall–Kier alpha value is -2.55. The molecule has 0 heterocycles. The van der Waals surface area contributed by atoms with Gasteiger partial charge in [0.1, 0.15) is 11.5 Å². The van der Waals surface area contributed by atoms with Gasteiger partial charge in [-0.15, -0.1) is 6.58 Å². The predicted octanol–water partition coefficient (Wildman–Crippen LogP) is 6.69. The zero-order valence-electron chi connectivity index (χ0n) is 17.8. The molecule has 3 nitrogen and oxygen atoms in total. The van der Waals surface area contributed by atoms with Crippen molar-refractivity contribution < 1.29 is 14.6 Å². The summed E-state index contributed by atoms with van der Waals surface area (Å²) >= 11 is 0. The number of aryl methyl sites for hydroxylation is 2. The van der Waals surface area contributed by atoms with E-state index < -0.39 is 0 Å². The number of carbonyl (C=O) groups is 1. The summed E-state index contributed by atoms with van der Waals surface area (Å²) in [6, 6.07) is 11.5. The Kier molecular flexibility index (Phi) is 11.5. The van der Waals surface area contributed by atoms with Crippen LogP contribution >= 0.6 is 0 Å². The van der Waals surface area contributed by atoms with Gasteiger partial charge in [-0.3, -0.25) is 4.79 Å². The van der Waals surface area contributed by atoms with Crippen molar-refractivity contribution in [3.05, 3.63) is 71.3 Å². The number of ether oxygens (including phenoxy) is 1. The number of hydrogen-bond acceptors (Lipinski definition) is 3. The average molecular weight is 371 g/mol. The van der Waals surface area contributed by atoms with Crippen LogP contribution < -0.4 is 4.74 Å². The van der Waals surface area contributed by atoms with Crippen LogP contribution in [0, 0.1) is 13.8 Å². The van der Waals surface area contributed by atoms with E-state index in [-0.39, 0.29) is 11.9 Å². The van der Waals surface area contributed by atoms with Crippen molar-refractivity contribution in [2.45, 2.75) is 60.8 Å². The Morgan fingerprint density at radius 2 is 1.56 bits per heavy atom. The normalized spacial score (nSPS) is 10.5. The van der Waals surface area contributed by atoms with Crippen molar-refractivity contribution in [2.75, 3.05) is 0 Å². The van der Waals surface area contributed by atoms with Gasteiger partial charge in [-0.25, -0.2) is 0 Å². The quantitative estimate of drug-likeness (QED) is 0.372. The van der Waals surface area contributed by atoms with Gasteiger partial charge in [0.2, 0.25) is 0 Å². The molecule has 2 aromatic carbocycles. The van der Waals surface area contributed by atoms with Crippen molar-refractivity contribution in [3.8, 4) is 11.5 Å². The van der Waals surface area contributed by atoms with E-state index >= 15 is 0 Å². The third kappa shape index (κ3) is 8.59.